The average Bonchev–Trinajstić information content (AvgIpc) is 2.46. The number of ether oxygens (including phenoxy) is 1. The third-order valence-corrected chi connectivity index (χ3v) is 2.51. The third-order valence-electron chi connectivity index (χ3n) is 2.51. The highest BCUT2D eigenvalue weighted by molar-refractivity contribution is 5.47. The summed E-state index contributed by atoms with van der Waals surface area (Å²) in [5, 5.41) is 19.7. The lowest BCUT2D eigenvalue weighted by molar-refractivity contribution is -0.386. The Hall–Kier alpha value is -3.01. The van der Waals surface area contributed by atoms with E-state index in [-0.39, 0.29) is 12.3 Å². The Bertz CT molecular complexity index is 698. The monoisotopic (exact) mass is 273 g/mol. The quantitative estimate of drug-likeness (QED) is 0.630. The van der Waals surface area contributed by atoms with Gasteiger partial charge in [-0.1, -0.05) is 12.1 Å². The van der Waals surface area contributed by atoms with E-state index in [0.717, 1.165) is 12.1 Å². The van der Waals surface area contributed by atoms with Crippen LogP contribution >= 0.6 is 0 Å². The zero-order valence-electron chi connectivity index (χ0n) is 10.1. The molecule has 0 unspecified atom stereocenters. The van der Waals surface area contributed by atoms with Gasteiger partial charge in [0, 0.05) is 17.8 Å². The van der Waals surface area contributed by atoms with Gasteiger partial charge in [0.15, 0.2) is 5.82 Å². The zero-order chi connectivity index (χ0) is 14.5. The minimum Gasteiger partial charge on any atom is -0.480 e. The second-order valence-electron chi connectivity index (χ2n) is 3.76. The van der Waals surface area contributed by atoms with Gasteiger partial charge in [-0.15, -0.1) is 0 Å². The largest absolute Gasteiger partial charge is 0.480 e. The van der Waals surface area contributed by atoms with Gasteiger partial charge in [0.25, 0.3) is 0 Å². The molecule has 1 heterocycles. The molecular weight excluding hydrogens is 265 g/mol. The van der Waals surface area contributed by atoms with Crippen LogP contribution in [0.1, 0.15) is 11.3 Å². The number of benzene rings is 1. The molecule has 0 aliphatic carbocycles. The van der Waals surface area contributed by atoms with Crippen LogP contribution in [-0.4, -0.2) is 9.91 Å². The molecule has 0 aliphatic rings. The van der Waals surface area contributed by atoms with Crippen LogP contribution in [0.15, 0.2) is 36.5 Å². The fourth-order valence-corrected chi connectivity index (χ4v) is 1.59. The smallest absolute Gasteiger partial charge is 0.314 e. The van der Waals surface area contributed by atoms with Gasteiger partial charge in [-0.3, -0.25) is 10.1 Å². The molecule has 0 spiro atoms. The number of hydrogen-bond acceptors (Lipinski definition) is 5. The van der Waals surface area contributed by atoms with E-state index in [0.29, 0.717) is 5.56 Å². The van der Waals surface area contributed by atoms with Gasteiger partial charge in [-0.2, -0.15) is 5.26 Å². The average molecular weight is 273 g/mol. The van der Waals surface area contributed by atoms with Gasteiger partial charge < -0.3 is 4.74 Å². The van der Waals surface area contributed by atoms with Crippen molar-refractivity contribution in [2.45, 2.75) is 6.61 Å². The van der Waals surface area contributed by atoms with Crippen LogP contribution in [0, 0.1) is 27.3 Å². The number of nitriles is 1. The molecule has 0 radical (unpaired) electrons. The molecule has 0 bridgehead atoms. The van der Waals surface area contributed by atoms with E-state index in [4.69, 9.17) is 10.00 Å². The first-order valence-electron chi connectivity index (χ1n) is 5.53. The highest BCUT2D eigenvalue weighted by atomic mass is 19.1. The first-order valence-corrected chi connectivity index (χ1v) is 5.53. The van der Waals surface area contributed by atoms with Gasteiger partial charge in [0.1, 0.15) is 18.4 Å². The predicted molar refractivity (Wildman–Crippen MR) is 66.3 cm³/mol. The van der Waals surface area contributed by atoms with E-state index in [1.807, 2.05) is 6.07 Å². The van der Waals surface area contributed by atoms with E-state index in [1.165, 1.54) is 12.3 Å². The Kier molecular flexibility index (Phi) is 3.86. The number of nitrogens with zero attached hydrogens (tertiary/aromatic N) is 3. The Morgan fingerprint density at radius 3 is 2.90 bits per heavy atom. The van der Waals surface area contributed by atoms with Gasteiger partial charge in [-0.05, 0) is 12.1 Å². The number of para-hydroxylation sites is 1. The lowest BCUT2D eigenvalue weighted by atomic mass is 10.2. The van der Waals surface area contributed by atoms with Crippen molar-refractivity contribution in [3.05, 3.63) is 63.7 Å². The minimum absolute atomic E-state index is 0.131. The number of rotatable bonds is 4. The molecule has 0 N–H and O–H groups in total. The van der Waals surface area contributed by atoms with Gasteiger partial charge in [0.05, 0.1) is 4.92 Å². The number of aromatic nitrogens is 1. The van der Waals surface area contributed by atoms with Crippen LogP contribution in [0.25, 0.3) is 0 Å². The summed E-state index contributed by atoms with van der Waals surface area (Å²) in [6, 6.07) is 8.48. The summed E-state index contributed by atoms with van der Waals surface area (Å²) >= 11 is 0. The van der Waals surface area contributed by atoms with Crippen LogP contribution in [-0.2, 0) is 6.61 Å². The highest BCUT2D eigenvalue weighted by Crippen LogP contribution is 2.30. The molecule has 20 heavy (non-hydrogen) atoms. The van der Waals surface area contributed by atoms with Crippen molar-refractivity contribution in [1.29, 1.82) is 5.26 Å². The molecule has 7 heteroatoms. The fourth-order valence-electron chi connectivity index (χ4n) is 1.59. The fraction of sp³-hybridized carbons (Fsp3) is 0.0769. The first kappa shape index (κ1) is 13.4. The van der Waals surface area contributed by atoms with Crippen LogP contribution in [0.5, 0.6) is 5.75 Å². The molecule has 100 valence electrons. The molecule has 2 rings (SSSR count). The maximum Gasteiger partial charge on any atom is 0.314 e. The molecule has 0 amide bonds. The normalized spacial score (nSPS) is 9.80. The highest BCUT2D eigenvalue weighted by Gasteiger charge is 2.19. The van der Waals surface area contributed by atoms with Crippen LogP contribution in [0.2, 0.25) is 0 Å². The molecule has 0 aliphatic heterocycles. The maximum atomic E-state index is 13.6. The van der Waals surface area contributed by atoms with Crippen LogP contribution in [0.4, 0.5) is 10.1 Å². The van der Waals surface area contributed by atoms with E-state index in [9.17, 15) is 14.5 Å². The molecule has 0 atom stereocenters. The first-order chi connectivity index (χ1) is 9.63. The Labute approximate surface area is 113 Å². The number of hydrogen-bond donors (Lipinski definition) is 0. The second kappa shape index (κ2) is 5.75. The summed E-state index contributed by atoms with van der Waals surface area (Å²) < 4.78 is 18.7. The molecule has 0 saturated heterocycles. The zero-order valence-corrected chi connectivity index (χ0v) is 10.1. The third kappa shape index (κ3) is 2.70. The molecule has 0 fully saturated rings. The molecule has 6 nitrogen and oxygen atoms in total. The minimum atomic E-state index is -0.832. The van der Waals surface area contributed by atoms with Crippen molar-refractivity contribution in [3.8, 4) is 11.8 Å². The summed E-state index contributed by atoms with van der Waals surface area (Å²) in [6.07, 6.45) is 1.44. The van der Waals surface area contributed by atoms with Gasteiger partial charge in [-0.25, -0.2) is 9.37 Å². The molecule has 1 aromatic carbocycles. The molecule has 1 aromatic heterocycles. The number of halogens is 1. The summed E-state index contributed by atoms with van der Waals surface area (Å²) in [7, 11) is 0. The summed E-state index contributed by atoms with van der Waals surface area (Å²) in [5.41, 5.74) is 0.0893. The summed E-state index contributed by atoms with van der Waals surface area (Å²) in [4.78, 5) is 13.9. The molecule has 0 saturated carbocycles. The second-order valence-corrected chi connectivity index (χ2v) is 3.76. The Morgan fingerprint density at radius 1 is 1.40 bits per heavy atom. The summed E-state index contributed by atoms with van der Waals surface area (Å²) in [6.45, 7) is -0.182. The Morgan fingerprint density at radius 2 is 2.20 bits per heavy atom. The number of pyridine rings is 1. The van der Waals surface area contributed by atoms with Gasteiger partial charge >= 0.3 is 5.69 Å². The summed E-state index contributed by atoms with van der Waals surface area (Å²) in [5.74, 6) is -1.29. The standard InChI is InChI=1S/C13H8FN3O3/c14-10-4-1-5-12(17(18)19)13(10)20-8-9-3-2-6-16-11(9)7-15/h1-6H,8H2. The van der Waals surface area contributed by atoms with Crippen molar-refractivity contribution in [1.82, 2.24) is 4.98 Å². The van der Waals surface area contributed by atoms with Crippen molar-refractivity contribution in [2.24, 2.45) is 0 Å². The number of nitro benzene ring substituents is 1. The van der Waals surface area contributed by atoms with Gasteiger partial charge in [0.2, 0.25) is 5.75 Å². The molecule has 2 aromatic rings. The van der Waals surface area contributed by atoms with Crippen molar-refractivity contribution >= 4 is 5.69 Å². The van der Waals surface area contributed by atoms with E-state index < -0.39 is 22.2 Å². The molecular formula is C13H8FN3O3. The lowest BCUT2D eigenvalue weighted by Crippen LogP contribution is -2.03. The maximum absolute atomic E-state index is 13.6. The van der Waals surface area contributed by atoms with Crippen molar-refractivity contribution in [2.75, 3.05) is 0 Å². The number of nitro groups is 1. The SMILES string of the molecule is N#Cc1ncccc1COc1c(F)cccc1[N+](=O)[O-]. The predicted octanol–water partition coefficient (Wildman–Crippen LogP) is 2.58. The van der Waals surface area contributed by atoms with Crippen molar-refractivity contribution in [3.63, 3.8) is 0 Å². The van der Waals surface area contributed by atoms with E-state index in [2.05, 4.69) is 4.98 Å². The topological polar surface area (TPSA) is 89.0 Å². The van der Waals surface area contributed by atoms with E-state index >= 15 is 0 Å². The van der Waals surface area contributed by atoms with Crippen LogP contribution < -0.4 is 4.74 Å². The van der Waals surface area contributed by atoms with E-state index in [1.54, 1.807) is 12.1 Å². The Balaban J connectivity index is 2.28. The van der Waals surface area contributed by atoms with Crippen LogP contribution in [0.3, 0.4) is 0 Å². The lowest BCUT2D eigenvalue weighted by Gasteiger charge is -2.08. The van der Waals surface area contributed by atoms with Crippen molar-refractivity contribution < 1.29 is 14.1 Å².